The number of benzene rings is 3. The minimum atomic E-state index is -0.511. The average molecular weight is 504 g/mol. The minimum Gasteiger partial charge on any atom is -0.490 e. The first kappa shape index (κ1) is 24.4. The Balaban J connectivity index is 1.93. The van der Waals surface area contributed by atoms with Crippen LogP contribution < -0.4 is 9.47 Å². The lowest BCUT2D eigenvalue weighted by Gasteiger charge is -2.15. The molecule has 0 spiro atoms. The summed E-state index contributed by atoms with van der Waals surface area (Å²) < 4.78 is 11.6. The summed E-state index contributed by atoms with van der Waals surface area (Å²) in [5.41, 5.74) is 1.92. The molecule has 0 unspecified atom stereocenters. The van der Waals surface area contributed by atoms with Crippen molar-refractivity contribution in [1.82, 2.24) is 0 Å². The van der Waals surface area contributed by atoms with Gasteiger partial charge in [0.2, 0.25) is 0 Å². The number of allylic oxidation sites excluding steroid dienone is 1. The molecule has 33 heavy (non-hydrogen) atoms. The molecule has 3 rings (SSSR count). The van der Waals surface area contributed by atoms with Gasteiger partial charge in [-0.05, 0) is 54.0 Å². The summed E-state index contributed by atoms with van der Waals surface area (Å²) in [5, 5.41) is 21.8. The van der Waals surface area contributed by atoms with Crippen molar-refractivity contribution in [2.75, 3.05) is 6.61 Å². The number of non-ortho nitro benzene ring substituents is 1. The third-order valence-corrected chi connectivity index (χ3v) is 5.52. The number of ether oxygens (including phenoxy) is 2. The quantitative estimate of drug-likeness (QED) is 0.137. The number of halogens is 3. The summed E-state index contributed by atoms with van der Waals surface area (Å²) in [6.07, 6.45) is 1.58. The van der Waals surface area contributed by atoms with Crippen LogP contribution in [0, 0.1) is 21.4 Å². The van der Waals surface area contributed by atoms with Crippen LogP contribution in [0.4, 0.5) is 5.69 Å². The summed E-state index contributed by atoms with van der Waals surface area (Å²) in [4.78, 5) is 10.6. The number of nitro groups is 1. The smallest absolute Gasteiger partial charge is 0.270 e. The van der Waals surface area contributed by atoms with E-state index in [9.17, 15) is 15.4 Å². The average Bonchev–Trinajstić information content (AvgIpc) is 2.79. The van der Waals surface area contributed by atoms with Gasteiger partial charge in [-0.1, -0.05) is 53.0 Å². The summed E-state index contributed by atoms with van der Waals surface area (Å²) in [6.45, 7) is 2.37. The third-order valence-electron chi connectivity index (χ3n) is 4.50. The second kappa shape index (κ2) is 11.1. The zero-order valence-electron chi connectivity index (χ0n) is 17.3. The van der Waals surface area contributed by atoms with E-state index in [-0.39, 0.29) is 22.9 Å². The van der Waals surface area contributed by atoms with Gasteiger partial charge in [0.15, 0.2) is 11.5 Å². The topological polar surface area (TPSA) is 85.4 Å². The molecule has 0 atom stereocenters. The Kier molecular flexibility index (Phi) is 8.18. The Labute approximate surface area is 205 Å². The van der Waals surface area contributed by atoms with E-state index in [1.807, 2.05) is 6.92 Å². The Bertz CT molecular complexity index is 1270. The molecule has 0 N–H and O–H groups in total. The van der Waals surface area contributed by atoms with Gasteiger partial charge in [-0.2, -0.15) is 5.26 Å². The molecular weight excluding hydrogens is 487 g/mol. The number of nitriles is 1. The fraction of sp³-hybridized carbons (Fsp3) is 0.125. The molecule has 0 fully saturated rings. The van der Waals surface area contributed by atoms with Crippen molar-refractivity contribution in [3.8, 4) is 17.6 Å². The van der Waals surface area contributed by atoms with Crippen LogP contribution >= 0.6 is 34.8 Å². The molecule has 0 aliphatic carbocycles. The SMILES string of the molecule is CCOc1cc(/C=C(/C#N)c2cccc([N+](=O)[O-])c2)cc(Cl)c1OCc1ccc(Cl)c(Cl)c1. The second-order valence-corrected chi connectivity index (χ2v) is 8.00. The molecule has 3 aromatic carbocycles. The van der Waals surface area contributed by atoms with Crippen LogP contribution in [0.3, 0.4) is 0 Å². The Morgan fingerprint density at radius 1 is 1.06 bits per heavy atom. The first-order valence-electron chi connectivity index (χ1n) is 9.72. The van der Waals surface area contributed by atoms with Crippen molar-refractivity contribution >= 4 is 52.1 Å². The van der Waals surface area contributed by atoms with Crippen molar-refractivity contribution in [3.63, 3.8) is 0 Å². The number of hydrogen-bond acceptors (Lipinski definition) is 5. The van der Waals surface area contributed by atoms with Gasteiger partial charge in [0, 0.05) is 12.1 Å². The van der Waals surface area contributed by atoms with Crippen LogP contribution in [-0.2, 0) is 6.61 Å². The lowest BCUT2D eigenvalue weighted by Crippen LogP contribution is -2.01. The second-order valence-electron chi connectivity index (χ2n) is 6.78. The largest absolute Gasteiger partial charge is 0.490 e. The monoisotopic (exact) mass is 502 g/mol. The van der Waals surface area contributed by atoms with Gasteiger partial charge < -0.3 is 9.47 Å². The maximum atomic E-state index is 11.1. The highest BCUT2D eigenvalue weighted by Crippen LogP contribution is 2.38. The van der Waals surface area contributed by atoms with Gasteiger partial charge in [0.05, 0.1) is 38.2 Å². The zero-order chi connectivity index (χ0) is 24.0. The van der Waals surface area contributed by atoms with Crippen molar-refractivity contribution in [3.05, 3.63) is 96.5 Å². The summed E-state index contributed by atoms with van der Waals surface area (Å²) in [6, 6.07) is 16.4. The zero-order valence-corrected chi connectivity index (χ0v) is 19.6. The lowest BCUT2D eigenvalue weighted by atomic mass is 10.0. The van der Waals surface area contributed by atoms with E-state index in [0.29, 0.717) is 39.3 Å². The van der Waals surface area contributed by atoms with Gasteiger partial charge in [-0.25, -0.2) is 0 Å². The van der Waals surface area contributed by atoms with Crippen LogP contribution in [-0.4, -0.2) is 11.5 Å². The highest BCUT2D eigenvalue weighted by Gasteiger charge is 2.14. The molecule has 0 amide bonds. The molecular formula is C24H17Cl3N2O4. The van der Waals surface area contributed by atoms with E-state index in [0.717, 1.165) is 5.56 Å². The number of nitrogens with zero attached hydrogens (tertiary/aromatic N) is 2. The van der Waals surface area contributed by atoms with Crippen molar-refractivity contribution in [1.29, 1.82) is 5.26 Å². The van der Waals surface area contributed by atoms with Crippen LogP contribution in [0.15, 0.2) is 54.6 Å². The van der Waals surface area contributed by atoms with E-state index in [1.54, 1.807) is 42.5 Å². The summed E-state index contributed by atoms with van der Waals surface area (Å²) >= 11 is 18.5. The Morgan fingerprint density at radius 3 is 2.52 bits per heavy atom. The first-order chi connectivity index (χ1) is 15.8. The molecule has 0 saturated carbocycles. The highest BCUT2D eigenvalue weighted by atomic mass is 35.5. The Morgan fingerprint density at radius 2 is 1.85 bits per heavy atom. The van der Waals surface area contributed by atoms with Gasteiger partial charge in [-0.15, -0.1) is 0 Å². The maximum absolute atomic E-state index is 11.1. The van der Waals surface area contributed by atoms with Crippen LogP contribution in [0.25, 0.3) is 11.6 Å². The van der Waals surface area contributed by atoms with Crippen molar-refractivity contribution < 1.29 is 14.4 Å². The van der Waals surface area contributed by atoms with Gasteiger partial charge in [0.25, 0.3) is 5.69 Å². The van der Waals surface area contributed by atoms with E-state index in [1.165, 1.54) is 18.2 Å². The fourth-order valence-electron chi connectivity index (χ4n) is 2.99. The van der Waals surface area contributed by atoms with Crippen molar-refractivity contribution in [2.45, 2.75) is 13.5 Å². The highest BCUT2D eigenvalue weighted by molar-refractivity contribution is 6.42. The molecule has 0 aliphatic rings. The van der Waals surface area contributed by atoms with Crippen LogP contribution in [0.5, 0.6) is 11.5 Å². The van der Waals surface area contributed by atoms with Crippen molar-refractivity contribution in [2.24, 2.45) is 0 Å². The predicted octanol–water partition coefficient (Wildman–Crippen LogP) is 7.60. The van der Waals surface area contributed by atoms with E-state index in [4.69, 9.17) is 44.3 Å². The van der Waals surface area contributed by atoms with Gasteiger partial charge in [-0.3, -0.25) is 10.1 Å². The number of nitro benzene ring substituents is 1. The molecule has 0 aliphatic heterocycles. The lowest BCUT2D eigenvalue weighted by molar-refractivity contribution is -0.384. The standard InChI is InChI=1S/C24H17Cl3N2O4/c1-2-32-23-11-16(8-18(13-28)17-4-3-5-19(12-17)29(30)31)10-22(27)24(23)33-14-15-6-7-20(25)21(26)9-15/h3-12H,2,14H2,1H3/b18-8-. The molecule has 0 aromatic heterocycles. The fourth-order valence-corrected chi connectivity index (χ4v) is 3.59. The third kappa shape index (κ3) is 6.17. The van der Waals surface area contributed by atoms with Crippen LogP contribution in [0.2, 0.25) is 15.1 Å². The maximum Gasteiger partial charge on any atom is 0.270 e. The normalized spacial score (nSPS) is 11.1. The Hall–Kier alpha value is -3.24. The van der Waals surface area contributed by atoms with Crippen LogP contribution in [0.1, 0.15) is 23.6 Å². The van der Waals surface area contributed by atoms with E-state index in [2.05, 4.69) is 6.07 Å². The van der Waals surface area contributed by atoms with Gasteiger partial charge in [0.1, 0.15) is 6.61 Å². The number of rotatable bonds is 8. The molecule has 0 bridgehead atoms. The molecule has 0 heterocycles. The molecule has 168 valence electrons. The summed E-state index contributed by atoms with van der Waals surface area (Å²) in [5.74, 6) is 0.739. The molecule has 0 radical (unpaired) electrons. The van der Waals surface area contributed by atoms with E-state index >= 15 is 0 Å². The molecule has 9 heteroatoms. The summed E-state index contributed by atoms with van der Waals surface area (Å²) in [7, 11) is 0. The van der Waals surface area contributed by atoms with E-state index < -0.39 is 4.92 Å². The molecule has 6 nitrogen and oxygen atoms in total. The molecule has 0 saturated heterocycles. The van der Waals surface area contributed by atoms with Gasteiger partial charge >= 0.3 is 0 Å². The molecule has 3 aromatic rings. The number of hydrogen-bond donors (Lipinski definition) is 0. The predicted molar refractivity (Wildman–Crippen MR) is 130 cm³/mol. The minimum absolute atomic E-state index is 0.104. The first-order valence-corrected chi connectivity index (χ1v) is 10.9.